The van der Waals surface area contributed by atoms with Crippen molar-refractivity contribution < 1.29 is 0 Å². The Kier molecular flexibility index (Phi) is 6.58. The zero-order valence-corrected chi connectivity index (χ0v) is 19.4. The van der Waals surface area contributed by atoms with E-state index in [0.29, 0.717) is 24.0 Å². The third-order valence-corrected chi connectivity index (χ3v) is 6.30. The van der Waals surface area contributed by atoms with Gasteiger partial charge in [0.1, 0.15) is 11.4 Å². The minimum atomic E-state index is -0.0865. The average Bonchev–Trinajstić information content (AvgIpc) is 3.31. The number of nitrogens with one attached hydrogen (secondary N) is 1. The summed E-state index contributed by atoms with van der Waals surface area (Å²) in [4.78, 5) is 21.6. The second kappa shape index (κ2) is 10.1. The molecule has 0 amide bonds. The van der Waals surface area contributed by atoms with Crippen molar-refractivity contribution in [1.29, 1.82) is 0 Å². The number of benzene rings is 1. The van der Waals surface area contributed by atoms with Crippen LogP contribution in [-0.4, -0.2) is 35.6 Å². The molecule has 0 atom stereocenters. The van der Waals surface area contributed by atoms with Crippen LogP contribution in [0.25, 0.3) is 17.1 Å². The lowest BCUT2D eigenvalue weighted by molar-refractivity contribution is 0.372. The van der Waals surface area contributed by atoms with Crippen LogP contribution in [0.3, 0.4) is 0 Å². The third kappa shape index (κ3) is 5.28. The average molecular weight is 456 g/mol. The maximum atomic E-state index is 12.5. The molecule has 3 heterocycles. The molecule has 0 unspecified atom stereocenters. The highest BCUT2D eigenvalue weighted by molar-refractivity contribution is 5.56. The van der Waals surface area contributed by atoms with Crippen LogP contribution in [0.5, 0.6) is 0 Å². The first-order valence-electron chi connectivity index (χ1n) is 11.9. The fraction of sp³-hybridized carbons (Fsp3) is 0.346. The molecule has 0 radical (unpaired) electrons. The van der Waals surface area contributed by atoms with Crippen LogP contribution < -0.4 is 10.7 Å². The molecule has 8 nitrogen and oxygen atoms in total. The Hall–Kier alpha value is -3.65. The lowest BCUT2D eigenvalue weighted by Gasteiger charge is -2.22. The first-order chi connectivity index (χ1) is 16.6. The molecule has 3 aromatic heterocycles. The normalized spacial score (nSPS) is 14.4. The lowest BCUT2D eigenvalue weighted by Crippen LogP contribution is -2.30. The van der Waals surface area contributed by atoms with E-state index in [1.807, 2.05) is 49.9 Å². The second-order valence-corrected chi connectivity index (χ2v) is 8.95. The van der Waals surface area contributed by atoms with Gasteiger partial charge in [-0.3, -0.25) is 9.48 Å². The summed E-state index contributed by atoms with van der Waals surface area (Å²) < 4.78 is 3.38. The Balaban J connectivity index is 1.29. The summed E-state index contributed by atoms with van der Waals surface area (Å²) in [5.41, 5.74) is 4.20. The quantitative estimate of drug-likeness (QED) is 0.459. The summed E-state index contributed by atoms with van der Waals surface area (Å²) in [5.74, 6) is 0.678. The Bertz CT molecular complexity index is 1300. The Labute approximate surface area is 198 Å². The Morgan fingerprint density at radius 3 is 2.62 bits per heavy atom. The van der Waals surface area contributed by atoms with Gasteiger partial charge in [0.2, 0.25) is 5.43 Å². The van der Waals surface area contributed by atoms with Crippen molar-refractivity contribution in [3.8, 4) is 17.1 Å². The van der Waals surface area contributed by atoms with E-state index < -0.39 is 0 Å². The molecule has 1 fully saturated rings. The van der Waals surface area contributed by atoms with Crippen molar-refractivity contribution in [2.45, 2.75) is 51.1 Å². The van der Waals surface area contributed by atoms with Gasteiger partial charge in [0.15, 0.2) is 5.82 Å². The summed E-state index contributed by atoms with van der Waals surface area (Å²) in [6.07, 6.45) is 16.0. The fourth-order valence-electron chi connectivity index (χ4n) is 4.42. The minimum absolute atomic E-state index is 0.0865. The van der Waals surface area contributed by atoms with E-state index in [-0.39, 0.29) is 5.43 Å². The van der Waals surface area contributed by atoms with E-state index in [9.17, 15) is 4.79 Å². The zero-order chi connectivity index (χ0) is 23.3. The SMILES string of the molecule is Cn1cc(-n2ccc(=O)c(Cc3cccc(-c4ncc(CNC5CCCCC5)cn4)c3)n2)cn1. The lowest BCUT2D eigenvalue weighted by atomic mass is 9.95. The highest BCUT2D eigenvalue weighted by Crippen LogP contribution is 2.19. The summed E-state index contributed by atoms with van der Waals surface area (Å²) in [7, 11) is 1.85. The van der Waals surface area contributed by atoms with Gasteiger partial charge in [-0.15, -0.1) is 0 Å². The predicted octanol–water partition coefficient (Wildman–Crippen LogP) is 3.44. The van der Waals surface area contributed by atoms with Crippen LogP contribution in [0.1, 0.15) is 48.9 Å². The molecule has 4 aromatic rings. The molecule has 0 aliphatic heterocycles. The van der Waals surface area contributed by atoms with Gasteiger partial charge in [-0.2, -0.15) is 10.2 Å². The van der Waals surface area contributed by atoms with Gasteiger partial charge < -0.3 is 5.32 Å². The van der Waals surface area contributed by atoms with E-state index in [1.165, 1.54) is 32.1 Å². The number of hydrogen-bond donors (Lipinski definition) is 1. The van der Waals surface area contributed by atoms with Crippen molar-refractivity contribution in [2.75, 3.05) is 0 Å². The molecule has 0 saturated heterocycles. The molecule has 1 aliphatic carbocycles. The number of aryl methyl sites for hydroxylation is 1. The van der Waals surface area contributed by atoms with Gasteiger partial charge in [-0.1, -0.05) is 37.5 Å². The molecule has 174 valence electrons. The molecular weight excluding hydrogens is 426 g/mol. The third-order valence-electron chi connectivity index (χ3n) is 6.30. The molecule has 0 bridgehead atoms. The van der Waals surface area contributed by atoms with E-state index in [2.05, 4.69) is 25.5 Å². The van der Waals surface area contributed by atoms with E-state index >= 15 is 0 Å². The maximum absolute atomic E-state index is 12.5. The van der Waals surface area contributed by atoms with Gasteiger partial charge in [-0.25, -0.2) is 14.6 Å². The van der Waals surface area contributed by atoms with Crippen LogP contribution in [-0.2, 0) is 20.0 Å². The largest absolute Gasteiger partial charge is 0.310 e. The molecule has 5 rings (SSSR count). The summed E-state index contributed by atoms with van der Waals surface area (Å²) in [5, 5.41) is 12.3. The molecule has 1 N–H and O–H groups in total. The second-order valence-electron chi connectivity index (χ2n) is 8.95. The monoisotopic (exact) mass is 455 g/mol. The van der Waals surface area contributed by atoms with Crippen LogP contribution in [0.4, 0.5) is 0 Å². The Morgan fingerprint density at radius 1 is 1.03 bits per heavy atom. The highest BCUT2D eigenvalue weighted by Gasteiger charge is 2.13. The number of aromatic nitrogens is 6. The van der Waals surface area contributed by atoms with Crippen molar-refractivity contribution in [2.24, 2.45) is 7.05 Å². The van der Waals surface area contributed by atoms with Crippen LogP contribution >= 0.6 is 0 Å². The smallest absolute Gasteiger partial charge is 0.203 e. The van der Waals surface area contributed by atoms with Crippen molar-refractivity contribution in [3.63, 3.8) is 0 Å². The van der Waals surface area contributed by atoms with Gasteiger partial charge in [0.05, 0.1) is 12.4 Å². The first-order valence-corrected chi connectivity index (χ1v) is 11.9. The molecule has 1 aromatic carbocycles. The summed E-state index contributed by atoms with van der Waals surface area (Å²) >= 11 is 0. The molecule has 1 saturated carbocycles. The standard InChI is InChI=1S/C26H29N7O/c1-32-18-23(17-30-32)33-11-10-25(34)24(31-33)13-19-6-5-7-21(12-19)26-28-15-20(16-29-26)14-27-22-8-3-2-4-9-22/h5-7,10-12,15-18,22,27H,2-4,8-9,13-14H2,1H3. The number of rotatable bonds is 7. The first kappa shape index (κ1) is 22.2. The number of nitrogens with zero attached hydrogens (tertiary/aromatic N) is 6. The summed E-state index contributed by atoms with van der Waals surface area (Å²) in [6.45, 7) is 0.799. The van der Waals surface area contributed by atoms with Gasteiger partial charge >= 0.3 is 0 Å². The molecular formula is C26H29N7O. The van der Waals surface area contributed by atoms with Crippen molar-refractivity contribution in [3.05, 3.63) is 88.4 Å². The minimum Gasteiger partial charge on any atom is -0.310 e. The number of hydrogen-bond acceptors (Lipinski definition) is 6. The van der Waals surface area contributed by atoms with Crippen LogP contribution in [0, 0.1) is 0 Å². The van der Waals surface area contributed by atoms with Crippen LogP contribution in [0.15, 0.2) is 66.1 Å². The van der Waals surface area contributed by atoms with Gasteiger partial charge in [0.25, 0.3) is 0 Å². The summed E-state index contributed by atoms with van der Waals surface area (Å²) in [6, 6.07) is 10.1. The van der Waals surface area contributed by atoms with Crippen LogP contribution in [0.2, 0.25) is 0 Å². The van der Waals surface area contributed by atoms with Gasteiger partial charge in [-0.05, 0) is 24.5 Å². The van der Waals surface area contributed by atoms with E-state index in [4.69, 9.17) is 0 Å². The topological polar surface area (TPSA) is 90.5 Å². The van der Waals surface area contributed by atoms with E-state index in [0.717, 1.165) is 28.9 Å². The fourth-order valence-corrected chi connectivity index (χ4v) is 4.42. The molecule has 8 heteroatoms. The molecule has 1 aliphatic rings. The van der Waals surface area contributed by atoms with Gasteiger partial charge in [0, 0.05) is 61.8 Å². The van der Waals surface area contributed by atoms with E-state index in [1.54, 1.807) is 27.8 Å². The molecule has 34 heavy (non-hydrogen) atoms. The zero-order valence-electron chi connectivity index (χ0n) is 19.4. The predicted molar refractivity (Wildman–Crippen MR) is 131 cm³/mol. The van der Waals surface area contributed by atoms with Crippen molar-refractivity contribution >= 4 is 0 Å². The molecule has 0 spiro atoms. The van der Waals surface area contributed by atoms with Crippen molar-refractivity contribution in [1.82, 2.24) is 34.8 Å². The maximum Gasteiger partial charge on any atom is 0.203 e. The highest BCUT2D eigenvalue weighted by atomic mass is 16.1. The Morgan fingerprint density at radius 2 is 1.85 bits per heavy atom.